The van der Waals surface area contributed by atoms with Crippen LogP contribution in [0.4, 0.5) is 0 Å². The minimum atomic E-state index is -0.252. The number of halogens is 2. The Morgan fingerprint density at radius 3 is 2.00 bits per heavy atom. The first kappa shape index (κ1) is 9.58. The van der Waals surface area contributed by atoms with E-state index in [1.165, 1.54) is 0 Å². The van der Waals surface area contributed by atoms with Gasteiger partial charge in [0.05, 0.1) is 10.3 Å². The van der Waals surface area contributed by atoms with Gasteiger partial charge in [-0.25, -0.2) is 0 Å². The standard InChI is InChI=1S/C7H14Cl2/c1-4-5-6(8)7(2,3)9/h6H,4-5H2,1-3H3. The average Bonchev–Trinajstić information content (AvgIpc) is 1.64. The lowest BCUT2D eigenvalue weighted by Gasteiger charge is -2.21. The molecule has 0 aromatic rings. The zero-order valence-corrected chi connectivity index (χ0v) is 7.76. The largest absolute Gasteiger partial charge is 0.121 e. The van der Waals surface area contributed by atoms with Crippen LogP contribution in [0, 0.1) is 0 Å². The maximum atomic E-state index is 5.93. The molecular formula is C7H14Cl2. The Labute approximate surface area is 67.5 Å². The molecule has 0 N–H and O–H groups in total. The van der Waals surface area contributed by atoms with E-state index in [9.17, 15) is 0 Å². The van der Waals surface area contributed by atoms with Gasteiger partial charge in [-0.3, -0.25) is 0 Å². The number of hydrogen-bond donors (Lipinski definition) is 0. The highest BCUT2D eigenvalue weighted by atomic mass is 35.5. The third-order valence-electron chi connectivity index (χ3n) is 1.29. The van der Waals surface area contributed by atoms with Crippen molar-refractivity contribution in [3.8, 4) is 0 Å². The summed E-state index contributed by atoms with van der Waals surface area (Å²) in [5, 5.41) is 0.101. The van der Waals surface area contributed by atoms with Crippen molar-refractivity contribution in [3.63, 3.8) is 0 Å². The molecule has 0 spiro atoms. The lowest BCUT2D eigenvalue weighted by atomic mass is 10.1. The van der Waals surface area contributed by atoms with E-state index in [4.69, 9.17) is 23.2 Å². The minimum Gasteiger partial charge on any atom is -0.121 e. The second kappa shape index (κ2) is 3.68. The average molecular weight is 169 g/mol. The fourth-order valence-corrected chi connectivity index (χ4v) is 0.924. The Kier molecular flexibility index (Phi) is 3.91. The molecule has 0 nitrogen and oxygen atoms in total. The van der Waals surface area contributed by atoms with E-state index >= 15 is 0 Å². The molecule has 1 atom stereocenters. The Morgan fingerprint density at radius 2 is 1.89 bits per heavy atom. The molecule has 0 aliphatic rings. The molecule has 56 valence electrons. The summed E-state index contributed by atoms with van der Waals surface area (Å²) in [6, 6.07) is 0. The van der Waals surface area contributed by atoms with Crippen LogP contribution in [-0.2, 0) is 0 Å². The second-order valence-corrected chi connectivity index (χ2v) is 4.32. The zero-order valence-electron chi connectivity index (χ0n) is 6.25. The maximum Gasteiger partial charge on any atom is 0.0553 e. The highest BCUT2D eigenvalue weighted by Crippen LogP contribution is 2.26. The highest BCUT2D eigenvalue weighted by molar-refractivity contribution is 6.32. The van der Waals surface area contributed by atoms with Crippen molar-refractivity contribution in [2.45, 2.75) is 43.9 Å². The summed E-state index contributed by atoms with van der Waals surface area (Å²) in [5.74, 6) is 0. The lowest BCUT2D eigenvalue weighted by Crippen LogP contribution is -2.24. The summed E-state index contributed by atoms with van der Waals surface area (Å²) in [7, 11) is 0. The molecule has 0 aromatic carbocycles. The zero-order chi connectivity index (χ0) is 7.49. The molecule has 0 bridgehead atoms. The molecule has 0 heterocycles. The van der Waals surface area contributed by atoms with Crippen LogP contribution in [0.3, 0.4) is 0 Å². The van der Waals surface area contributed by atoms with Crippen LogP contribution in [0.2, 0.25) is 0 Å². The van der Waals surface area contributed by atoms with Gasteiger partial charge in [-0.2, -0.15) is 0 Å². The molecule has 0 aliphatic heterocycles. The minimum absolute atomic E-state index is 0.101. The van der Waals surface area contributed by atoms with Gasteiger partial charge in [-0.1, -0.05) is 13.3 Å². The lowest BCUT2D eigenvalue weighted by molar-refractivity contribution is 0.593. The predicted molar refractivity (Wildman–Crippen MR) is 44.5 cm³/mol. The van der Waals surface area contributed by atoms with Crippen molar-refractivity contribution in [3.05, 3.63) is 0 Å². The van der Waals surface area contributed by atoms with Crippen LogP contribution in [0.1, 0.15) is 33.6 Å². The van der Waals surface area contributed by atoms with Gasteiger partial charge in [-0.05, 0) is 20.3 Å². The Morgan fingerprint density at radius 1 is 1.44 bits per heavy atom. The van der Waals surface area contributed by atoms with Crippen LogP contribution in [0.15, 0.2) is 0 Å². The molecule has 9 heavy (non-hydrogen) atoms. The summed E-state index contributed by atoms with van der Waals surface area (Å²) in [6.07, 6.45) is 2.10. The molecule has 0 aromatic heterocycles. The van der Waals surface area contributed by atoms with Gasteiger partial charge >= 0.3 is 0 Å². The second-order valence-electron chi connectivity index (χ2n) is 2.82. The molecule has 0 radical (unpaired) electrons. The van der Waals surface area contributed by atoms with Gasteiger partial charge in [0.25, 0.3) is 0 Å². The first-order chi connectivity index (χ1) is 3.98. The number of hydrogen-bond acceptors (Lipinski definition) is 0. The number of alkyl halides is 2. The molecule has 0 saturated heterocycles. The molecule has 0 aliphatic carbocycles. The monoisotopic (exact) mass is 168 g/mol. The van der Waals surface area contributed by atoms with E-state index in [0.29, 0.717) is 0 Å². The molecule has 2 heteroatoms. The van der Waals surface area contributed by atoms with Crippen LogP contribution < -0.4 is 0 Å². The van der Waals surface area contributed by atoms with Crippen LogP contribution in [0.5, 0.6) is 0 Å². The Bertz CT molecular complexity index is 73.5. The van der Waals surface area contributed by atoms with E-state index in [-0.39, 0.29) is 10.3 Å². The van der Waals surface area contributed by atoms with Crippen molar-refractivity contribution in [1.82, 2.24) is 0 Å². The third-order valence-corrected chi connectivity index (χ3v) is 2.43. The summed E-state index contributed by atoms with van der Waals surface area (Å²) in [4.78, 5) is -0.252. The van der Waals surface area contributed by atoms with E-state index in [1.54, 1.807) is 0 Å². The van der Waals surface area contributed by atoms with Gasteiger partial charge in [0.2, 0.25) is 0 Å². The number of rotatable bonds is 3. The van der Waals surface area contributed by atoms with Crippen molar-refractivity contribution >= 4 is 23.2 Å². The van der Waals surface area contributed by atoms with Gasteiger partial charge in [-0.15, -0.1) is 23.2 Å². The molecule has 0 rings (SSSR count). The summed E-state index contributed by atoms with van der Waals surface area (Å²) in [5.41, 5.74) is 0. The SMILES string of the molecule is CCCC(Cl)C(C)(C)Cl. The molecular weight excluding hydrogens is 155 g/mol. The van der Waals surface area contributed by atoms with Gasteiger partial charge in [0, 0.05) is 0 Å². The quantitative estimate of drug-likeness (QED) is 0.568. The molecule has 0 fully saturated rings. The molecule has 0 amide bonds. The van der Waals surface area contributed by atoms with Crippen molar-refractivity contribution in [2.75, 3.05) is 0 Å². The first-order valence-corrected chi connectivity index (χ1v) is 4.13. The summed E-state index contributed by atoms with van der Waals surface area (Å²) < 4.78 is 0. The molecule has 1 unspecified atom stereocenters. The molecule has 0 saturated carbocycles. The van der Waals surface area contributed by atoms with Crippen molar-refractivity contribution < 1.29 is 0 Å². The summed E-state index contributed by atoms with van der Waals surface area (Å²) >= 11 is 11.9. The van der Waals surface area contributed by atoms with E-state index < -0.39 is 0 Å². The maximum absolute atomic E-state index is 5.93. The Balaban J connectivity index is 3.59. The predicted octanol–water partition coefficient (Wildman–Crippen LogP) is 3.41. The fourth-order valence-electron chi connectivity index (χ4n) is 0.597. The first-order valence-electron chi connectivity index (χ1n) is 3.31. The topological polar surface area (TPSA) is 0 Å². The van der Waals surface area contributed by atoms with Crippen molar-refractivity contribution in [2.24, 2.45) is 0 Å². The van der Waals surface area contributed by atoms with Crippen LogP contribution in [0.25, 0.3) is 0 Å². The summed E-state index contributed by atoms with van der Waals surface area (Å²) in [6.45, 7) is 6.00. The highest BCUT2D eigenvalue weighted by Gasteiger charge is 2.23. The van der Waals surface area contributed by atoms with E-state index in [0.717, 1.165) is 12.8 Å². The van der Waals surface area contributed by atoms with Crippen molar-refractivity contribution in [1.29, 1.82) is 0 Å². The van der Waals surface area contributed by atoms with Gasteiger partial charge < -0.3 is 0 Å². The van der Waals surface area contributed by atoms with Crippen LogP contribution in [-0.4, -0.2) is 10.3 Å². The Hall–Kier alpha value is 0.580. The van der Waals surface area contributed by atoms with Gasteiger partial charge in [0.15, 0.2) is 0 Å². The smallest absolute Gasteiger partial charge is 0.0553 e. The van der Waals surface area contributed by atoms with Crippen LogP contribution >= 0.6 is 23.2 Å². The fraction of sp³-hybridized carbons (Fsp3) is 1.00. The third kappa shape index (κ3) is 4.05. The normalized spacial score (nSPS) is 15.7. The van der Waals surface area contributed by atoms with Gasteiger partial charge in [0.1, 0.15) is 0 Å². The van der Waals surface area contributed by atoms with E-state index in [2.05, 4.69) is 6.92 Å². The van der Waals surface area contributed by atoms with E-state index in [1.807, 2.05) is 13.8 Å².